The molecule has 0 radical (unpaired) electrons. The highest BCUT2D eigenvalue weighted by molar-refractivity contribution is 7.09. The molecule has 2 aliphatic rings. The van der Waals surface area contributed by atoms with E-state index in [0.717, 1.165) is 31.5 Å². The van der Waals surface area contributed by atoms with Crippen LogP contribution in [0, 0.1) is 5.92 Å². The molecule has 1 N–H and O–H groups in total. The molecule has 156 valence electrons. The Morgan fingerprint density at radius 2 is 2.14 bits per heavy atom. The van der Waals surface area contributed by atoms with Crippen LogP contribution in [0.5, 0.6) is 0 Å². The van der Waals surface area contributed by atoms with Crippen LogP contribution in [0.4, 0.5) is 0 Å². The predicted molar refractivity (Wildman–Crippen MR) is 111 cm³/mol. The quantitative estimate of drug-likeness (QED) is 0.812. The van der Waals surface area contributed by atoms with Crippen LogP contribution < -0.4 is 0 Å². The SMILES string of the molecule is C[C@H](Cc1cccs1)C(=O)N1CCC[C@H](c2[nH]ncc2C(=O)N2CCOCC2)C1. The number of ether oxygens (including phenoxy) is 1. The monoisotopic (exact) mass is 416 g/mol. The molecular formula is C21H28N4O3S. The van der Waals surface area contributed by atoms with Crippen molar-refractivity contribution < 1.29 is 14.3 Å². The molecule has 4 rings (SSSR count). The third-order valence-corrected chi connectivity index (χ3v) is 6.75. The van der Waals surface area contributed by atoms with Gasteiger partial charge < -0.3 is 14.5 Å². The number of morpholine rings is 1. The van der Waals surface area contributed by atoms with Gasteiger partial charge in [0.15, 0.2) is 0 Å². The van der Waals surface area contributed by atoms with Gasteiger partial charge in [0.2, 0.25) is 5.91 Å². The van der Waals surface area contributed by atoms with E-state index in [1.807, 2.05) is 22.8 Å². The second kappa shape index (κ2) is 9.09. The number of thiophene rings is 1. The number of carbonyl (C=O) groups excluding carboxylic acids is 2. The zero-order valence-corrected chi connectivity index (χ0v) is 17.6. The number of nitrogens with one attached hydrogen (secondary N) is 1. The molecule has 2 saturated heterocycles. The number of aromatic amines is 1. The van der Waals surface area contributed by atoms with Crippen molar-refractivity contribution in [3.63, 3.8) is 0 Å². The van der Waals surface area contributed by atoms with Crippen LogP contribution >= 0.6 is 11.3 Å². The van der Waals surface area contributed by atoms with Gasteiger partial charge in [0.05, 0.1) is 30.7 Å². The van der Waals surface area contributed by atoms with Crippen LogP contribution in [0.25, 0.3) is 0 Å². The molecule has 0 saturated carbocycles. The van der Waals surface area contributed by atoms with E-state index in [9.17, 15) is 9.59 Å². The van der Waals surface area contributed by atoms with Crippen LogP contribution in [-0.2, 0) is 16.0 Å². The van der Waals surface area contributed by atoms with Crippen LogP contribution in [-0.4, -0.2) is 71.2 Å². The maximum Gasteiger partial charge on any atom is 0.257 e. The number of hydrogen-bond donors (Lipinski definition) is 1. The average Bonchev–Trinajstić information content (AvgIpc) is 3.45. The Morgan fingerprint density at radius 3 is 2.90 bits per heavy atom. The van der Waals surface area contributed by atoms with Gasteiger partial charge in [-0.1, -0.05) is 13.0 Å². The lowest BCUT2D eigenvalue weighted by molar-refractivity contribution is -0.136. The number of H-pyrrole nitrogens is 1. The lowest BCUT2D eigenvalue weighted by atomic mass is 9.91. The lowest BCUT2D eigenvalue weighted by Crippen LogP contribution is -2.43. The van der Waals surface area contributed by atoms with E-state index in [0.29, 0.717) is 38.4 Å². The third kappa shape index (κ3) is 4.53. The molecule has 2 aromatic heterocycles. The summed E-state index contributed by atoms with van der Waals surface area (Å²) in [6, 6.07) is 4.11. The van der Waals surface area contributed by atoms with Gasteiger partial charge >= 0.3 is 0 Å². The van der Waals surface area contributed by atoms with Gasteiger partial charge in [0, 0.05) is 42.9 Å². The second-order valence-corrected chi connectivity index (χ2v) is 8.94. The van der Waals surface area contributed by atoms with Crippen molar-refractivity contribution in [1.29, 1.82) is 0 Å². The van der Waals surface area contributed by atoms with Crippen LogP contribution in [0.2, 0.25) is 0 Å². The summed E-state index contributed by atoms with van der Waals surface area (Å²) in [4.78, 5) is 31.0. The number of carbonyl (C=O) groups is 2. The van der Waals surface area contributed by atoms with Gasteiger partial charge in [0.1, 0.15) is 0 Å². The normalized spacial score (nSPS) is 21.2. The molecular weight excluding hydrogens is 388 g/mol. The Morgan fingerprint density at radius 1 is 1.31 bits per heavy atom. The number of piperidine rings is 1. The molecule has 8 heteroatoms. The zero-order chi connectivity index (χ0) is 20.2. The molecule has 29 heavy (non-hydrogen) atoms. The maximum atomic E-state index is 13.0. The van der Waals surface area contributed by atoms with Gasteiger partial charge in [-0.25, -0.2) is 0 Å². The molecule has 0 unspecified atom stereocenters. The smallest absolute Gasteiger partial charge is 0.257 e. The molecule has 2 aromatic rings. The van der Waals surface area contributed by atoms with Crippen molar-refractivity contribution in [1.82, 2.24) is 20.0 Å². The first-order valence-electron chi connectivity index (χ1n) is 10.3. The number of likely N-dealkylation sites (tertiary alicyclic amines) is 1. The summed E-state index contributed by atoms with van der Waals surface area (Å²) >= 11 is 1.70. The van der Waals surface area contributed by atoms with Gasteiger partial charge in [-0.2, -0.15) is 5.10 Å². The Hall–Kier alpha value is -2.19. The summed E-state index contributed by atoms with van der Waals surface area (Å²) in [6.45, 7) is 5.80. The Labute approximate surface area is 175 Å². The van der Waals surface area contributed by atoms with Crippen molar-refractivity contribution in [2.75, 3.05) is 39.4 Å². The number of amides is 2. The van der Waals surface area contributed by atoms with Gasteiger partial charge in [-0.3, -0.25) is 14.7 Å². The molecule has 2 atom stereocenters. The fourth-order valence-electron chi connectivity index (χ4n) is 4.26. The van der Waals surface area contributed by atoms with Gasteiger partial charge in [0.25, 0.3) is 5.91 Å². The first-order chi connectivity index (χ1) is 14.1. The summed E-state index contributed by atoms with van der Waals surface area (Å²) in [7, 11) is 0. The summed E-state index contributed by atoms with van der Waals surface area (Å²) in [5.41, 5.74) is 1.50. The van der Waals surface area contributed by atoms with Crippen LogP contribution in [0.15, 0.2) is 23.7 Å². The average molecular weight is 417 g/mol. The standard InChI is InChI=1S/C21H28N4O3S/c1-15(12-17-5-3-11-29-17)20(26)25-6-2-4-16(14-25)19-18(13-22-23-19)21(27)24-7-9-28-10-8-24/h3,5,11,13,15-16H,2,4,6-10,12,14H2,1H3,(H,22,23)/t15-,16+/m1/s1. The summed E-state index contributed by atoms with van der Waals surface area (Å²) < 4.78 is 5.35. The van der Waals surface area contributed by atoms with Crippen LogP contribution in [0.1, 0.15) is 46.6 Å². The minimum absolute atomic E-state index is 0.00608. The number of nitrogens with zero attached hydrogens (tertiary/aromatic N) is 3. The van der Waals surface area contributed by atoms with Crippen molar-refractivity contribution in [2.45, 2.75) is 32.1 Å². The largest absolute Gasteiger partial charge is 0.378 e. The molecule has 2 amide bonds. The second-order valence-electron chi connectivity index (χ2n) is 7.91. The van der Waals surface area contributed by atoms with E-state index in [2.05, 4.69) is 21.6 Å². The van der Waals surface area contributed by atoms with Crippen molar-refractivity contribution >= 4 is 23.2 Å². The highest BCUT2D eigenvalue weighted by Gasteiger charge is 2.32. The van der Waals surface area contributed by atoms with E-state index in [1.165, 1.54) is 4.88 Å². The Kier molecular flexibility index (Phi) is 6.30. The molecule has 0 bridgehead atoms. The van der Waals surface area contributed by atoms with E-state index in [-0.39, 0.29) is 23.7 Å². The van der Waals surface area contributed by atoms with E-state index in [1.54, 1.807) is 17.5 Å². The molecule has 0 aromatic carbocycles. The minimum Gasteiger partial charge on any atom is -0.378 e. The van der Waals surface area contributed by atoms with Gasteiger partial charge in [-0.05, 0) is 30.7 Å². The fourth-order valence-corrected chi connectivity index (χ4v) is 5.09. The number of rotatable bonds is 5. The maximum absolute atomic E-state index is 13.0. The van der Waals surface area contributed by atoms with Crippen LogP contribution in [0.3, 0.4) is 0 Å². The minimum atomic E-state index is -0.0383. The van der Waals surface area contributed by atoms with E-state index >= 15 is 0 Å². The summed E-state index contributed by atoms with van der Waals surface area (Å²) in [6.07, 6.45) is 4.30. The highest BCUT2D eigenvalue weighted by atomic mass is 32.1. The summed E-state index contributed by atoms with van der Waals surface area (Å²) in [5.74, 6) is 0.281. The zero-order valence-electron chi connectivity index (χ0n) is 16.8. The lowest BCUT2D eigenvalue weighted by Gasteiger charge is -2.34. The van der Waals surface area contributed by atoms with Crippen molar-refractivity contribution in [2.24, 2.45) is 5.92 Å². The molecule has 2 aliphatic heterocycles. The Bertz CT molecular complexity index is 829. The number of aromatic nitrogens is 2. The highest BCUT2D eigenvalue weighted by Crippen LogP contribution is 2.30. The number of hydrogen-bond acceptors (Lipinski definition) is 5. The van der Waals surface area contributed by atoms with Gasteiger partial charge in [-0.15, -0.1) is 11.3 Å². The third-order valence-electron chi connectivity index (χ3n) is 5.85. The first kappa shape index (κ1) is 20.1. The molecule has 0 spiro atoms. The molecule has 7 nitrogen and oxygen atoms in total. The molecule has 4 heterocycles. The summed E-state index contributed by atoms with van der Waals surface area (Å²) in [5, 5.41) is 9.27. The predicted octanol–water partition coefficient (Wildman–Crippen LogP) is 2.53. The van der Waals surface area contributed by atoms with Crippen molar-refractivity contribution in [3.05, 3.63) is 39.8 Å². The molecule has 0 aliphatic carbocycles. The Balaban J connectivity index is 1.43. The van der Waals surface area contributed by atoms with Crippen molar-refractivity contribution in [3.8, 4) is 0 Å². The van der Waals surface area contributed by atoms with E-state index in [4.69, 9.17) is 4.74 Å². The fraction of sp³-hybridized carbons (Fsp3) is 0.571. The first-order valence-corrected chi connectivity index (χ1v) is 11.2. The molecule has 2 fully saturated rings. The topological polar surface area (TPSA) is 78.5 Å². The van der Waals surface area contributed by atoms with E-state index < -0.39 is 0 Å².